The number of amides is 1. The predicted molar refractivity (Wildman–Crippen MR) is 109 cm³/mol. The summed E-state index contributed by atoms with van der Waals surface area (Å²) in [5, 5.41) is 2.86. The number of piperidine rings is 1. The second-order valence-electron chi connectivity index (χ2n) is 6.70. The van der Waals surface area contributed by atoms with Gasteiger partial charge in [0.2, 0.25) is 15.9 Å². The fourth-order valence-electron chi connectivity index (χ4n) is 3.36. The molecule has 1 aliphatic heterocycles. The molecule has 1 amide bonds. The molecule has 3 rings (SSSR count). The fraction of sp³-hybridized carbons (Fsp3) is 0.350. The van der Waals surface area contributed by atoms with Gasteiger partial charge in [-0.1, -0.05) is 12.5 Å². The van der Waals surface area contributed by atoms with E-state index in [0.29, 0.717) is 18.7 Å². The number of halogens is 1. The first kappa shape index (κ1) is 20.8. The molecule has 8 heteroatoms. The van der Waals surface area contributed by atoms with Crippen molar-refractivity contribution in [3.05, 3.63) is 54.3 Å². The van der Waals surface area contributed by atoms with Crippen LogP contribution >= 0.6 is 11.8 Å². The topological polar surface area (TPSA) is 66.5 Å². The zero-order valence-corrected chi connectivity index (χ0v) is 17.2. The lowest BCUT2D eigenvalue weighted by molar-refractivity contribution is -0.117. The van der Waals surface area contributed by atoms with Gasteiger partial charge in [-0.05, 0) is 61.6 Å². The molecule has 0 aliphatic carbocycles. The molecule has 1 fully saturated rings. The Morgan fingerprint density at radius 2 is 1.96 bits per heavy atom. The summed E-state index contributed by atoms with van der Waals surface area (Å²) in [6.07, 6.45) is 4.29. The van der Waals surface area contributed by atoms with Crippen LogP contribution in [0, 0.1) is 5.82 Å². The molecular weight excluding hydrogens is 399 g/mol. The molecule has 0 bridgehead atoms. The zero-order chi connectivity index (χ0) is 20.1. The number of sulfonamides is 1. The summed E-state index contributed by atoms with van der Waals surface area (Å²) in [6.45, 7) is 0.361. The van der Waals surface area contributed by atoms with E-state index in [1.807, 2.05) is 30.5 Å². The summed E-state index contributed by atoms with van der Waals surface area (Å²) in [4.78, 5) is 13.6. The lowest BCUT2D eigenvalue weighted by atomic mass is 10.0. The van der Waals surface area contributed by atoms with Crippen LogP contribution in [0.25, 0.3) is 0 Å². The second-order valence-corrected chi connectivity index (χ2v) is 9.47. The summed E-state index contributed by atoms with van der Waals surface area (Å²) in [5.74, 6) is -0.703. The van der Waals surface area contributed by atoms with Gasteiger partial charge in [0.1, 0.15) is 5.82 Å². The van der Waals surface area contributed by atoms with Crippen molar-refractivity contribution in [3.8, 4) is 0 Å². The third kappa shape index (κ3) is 4.92. The maximum Gasteiger partial charge on any atom is 0.243 e. The van der Waals surface area contributed by atoms with Crippen molar-refractivity contribution in [2.45, 2.75) is 41.5 Å². The van der Waals surface area contributed by atoms with Crippen LogP contribution in [-0.2, 0) is 14.8 Å². The van der Waals surface area contributed by atoms with E-state index < -0.39 is 21.9 Å². The molecule has 1 saturated heterocycles. The minimum Gasteiger partial charge on any atom is -0.326 e. The lowest BCUT2D eigenvalue weighted by Crippen LogP contribution is -2.45. The molecule has 0 unspecified atom stereocenters. The van der Waals surface area contributed by atoms with E-state index in [1.54, 1.807) is 11.8 Å². The first-order valence-corrected chi connectivity index (χ1v) is 11.8. The van der Waals surface area contributed by atoms with E-state index in [0.717, 1.165) is 29.9 Å². The maximum absolute atomic E-state index is 13.2. The van der Waals surface area contributed by atoms with Gasteiger partial charge in [-0.2, -0.15) is 4.31 Å². The number of hydrogen-bond acceptors (Lipinski definition) is 4. The number of anilines is 1. The minimum atomic E-state index is -3.77. The Morgan fingerprint density at radius 1 is 1.21 bits per heavy atom. The number of benzene rings is 2. The number of hydrogen-bond donors (Lipinski definition) is 1. The van der Waals surface area contributed by atoms with Gasteiger partial charge in [0.15, 0.2) is 0 Å². The van der Waals surface area contributed by atoms with Crippen LogP contribution in [-0.4, -0.2) is 37.5 Å². The van der Waals surface area contributed by atoms with Crippen molar-refractivity contribution in [2.24, 2.45) is 0 Å². The average molecular weight is 423 g/mol. The quantitative estimate of drug-likeness (QED) is 0.711. The lowest BCUT2D eigenvalue weighted by Gasteiger charge is -2.34. The van der Waals surface area contributed by atoms with Crippen LogP contribution in [0.5, 0.6) is 0 Å². The van der Waals surface area contributed by atoms with E-state index in [4.69, 9.17) is 0 Å². The van der Waals surface area contributed by atoms with Gasteiger partial charge < -0.3 is 5.32 Å². The van der Waals surface area contributed by atoms with Crippen LogP contribution in [0.2, 0.25) is 0 Å². The van der Waals surface area contributed by atoms with Gasteiger partial charge in [-0.25, -0.2) is 12.8 Å². The van der Waals surface area contributed by atoms with E-state index in [9.17, 15) is 17.6 Å². The predicted octanol–water partition coefficient (Wildman–Crippen LogP) is 4.12. The smallest absolute Gasteiger partial charge is 0.243 e. The largest absolute Gasteiger partial charge is 0.326 e. The van der Waals surface area contributed by atoms with Crippen LogP contribution in [0.15, 0.2) is 58.3 Å². The Kier molecular flexibility index (Phi) is 6.74. The molecule has 28 heavy (non-hydrogen) atoms. The van der Waals surface area contributed by atoms with Crippen molar-refractivity contribution >= 4 is 33.4 Å². The van der Waals surface area contributed by atoms with E-state index in [1.165, 1.54) is 16.4 Å². The number of nitrogens with one attached hydrogen (secondary N) is 1. The monoisotopic (exact) mass is 422 g/mol. The van der Waals surface area contributed by atoms with Gasteiger partial charge in [-0.3, -0.25) is 4.79 Å². The third-order valence-electron chi connectivity index (χ3n) is 4.77. The first-order chi connectivity index (χ1) is 13.4. The number of carbonyl (C=O) groups is 1. The fourth-order valence-corrected chi connectivity index (χ4v) is 5.52. The molecule has 1 aliphatic rings. The van der Waals surface area contributed by atoms with Crippen molar-refractivity contribution in [2.75, 3.05) is 18.1 Å². The van der Waals surface area contributed by atoms with E-state index >= 15 is 0 Å². The standard InChI is InChI=1S/C20H23FN2O3S2/c1-27-18-7-4-5-16(13-18)22-20(24)14-17-6-2-3-12-23(17)28(25,26)19-10-8-15(21)9-11-19/h4-5,7-11,13,17H,2-3,6,12,14H2,1H3,(H,22,24)/t17-/m1/s1. The molecular formula is C20H23FN2O3S2. The number of carbonyl (C=O) groups excluding carboxylic acids is 1. The second kappa shape index (κ2) is 9.07. The van der Waals surface area contributed by atoms with Crippen LogP contribution in [0.3, 0.4) is 0 Å². The normalized spacial score (nSPS) is 18.0. The number of nitrogens with zero attached hydrogens (tertiary/aromatic N) is 1. The molecule has 5 nitrogen and oxygen atoms in total. The van der Waals surface area contributed by atoms with Gasteiger partial charge >= 0.3 is 0 Å². The maximum atomic E-state index is 13.2. The van der Waals surface area contributed by atoms with Crippen molar-refractivity contribution in [1.29, 1.82) is 0 Å². The van der Waals surface area contributed by atoms with Gasteiger partial charge in [0, 0.05) is 29.6 Å². The summed E-state index contributed by atoms with van der Waals surface area (Å²) in [5.41, 5.74) is 0.695. The Morgan fingerprint density at radius 3 is 2.68 bits per heavy atom. The SMILES string of the molecule is CSc1cccc(NC(=O)C[C@H]2CCCCN2S(=O)(=O)c2ccc(F)cc2)c1. The van der Waals surface area contributed by atoms with E-state index in [-0.39, 0.29) is 17.2 Å². The van der Waals surface area contributed by atoms with Crippen molar-refractivity contribution in [3.63, 3.8) is 0 Å². The number of thioether (sulfide) groups is 1. The highest BCUT2D eigenvalue weighted by Crippen LogP contribution is 2.28. The minimum absolute atomic E-state index is 0.0499. The highest BCUT2D eigenvalue weighted by molar-refractivity contribution is 7.98. The molecule has 0 spiro atoms. The Labute approximate surface area is 169 Å². The molecule has 1 N–H and O–H groups in total. The molecule has 0 aromatic heterocycles. The molecule has 2 aromatic carbocycles. The Balaban J connectivity index is 1.73. The Hall–Kier alpha value is -1.90. The third-order valence-corrected chi connectivity index (χ3v) is 7.46. The summed E-state index contributed by atoms with van der Waals surface area (Å²) in [6, 6.07) is 11.9. The molecule has 0 saturated carbocycles. The summed E-state index contributed by atoms with van der Waals surface area (Å²) in [7, 11) is -3.77. The number of rotatable bonds is 6. The zero-order valence-electron chi connectivity index (χ0n) is 15.6. The molecule has 2 aromatic rings. The van der Waals surface area contributed by atoms with Crippen LogP contribution in [0.1, 0.15) is 25.7 Å². The van der Waals surface area contributed by atoms with Gasteiger partial charge in [-0.15, -0.1) is 11.8 Å². The first-order valence-electron chi connectivity index (χ1n) is 9.11. The highest BCUT2D eigenvalue weighted by atomic mass is 32.2. The molecule has 0 radical (unpaired) electrons. The van der Waals surface area contributed by atoms with Crippen LogP contribution in [0.4, 0.5) is 10.1 Å². The van der Waals surface area contributed by atoms with Gasteiger partial charge in [0.05, 0.1) is 4.90 Å². The van der Waals surface area contributed by atoms with Gasteiger partial charge in [0.25, 0.3) is 0 Å². The van der Waals surface area contributed by atoms with Crippen molar-refractivity contribution in [1.82, 2.24) is 4.31 Å². The highest BCUT2D eigenvalue weighted by Gasteiger charge is 2.34. The van der Waals surface area contributed by atoms with Crippen LogP contribution < -0.4 is 5.32 Å². The summed E-state index contributed by atoms with van der Waals surface area (Å²) >= 11 is 1.58. The molecule has 1 atom stereocenters. The molecule has 1 heterocycles. The molecule has 150 valence electrons. The van der Waals surface area contributed by atoms with Crippen molar-refractivity contribution < 1.29 is 17.6 Å². The van der Waals surface area contributed by atoms with E-state index in [2.05, 4.69) is 5.32 Å². The summed E-state index contributed by atoms with van der Waals surface area (Å²) < 4.78 is 40.6. The Bertz CT molecular complexity index is 933. The average Bonchev–Trinajstić information content (AvgIpc) is 2.68.